The first-order chi connectivity index (χ1) is 9.39. The lowest BCUT2D eigenvalue weighted by Gasteiger charge is -2.07. The molecule has 1 aliphatic rings. The Labute approximate surface area is 121 Å². The van der Waals surface area contributed by atoms with E-state index in [0.29, 0.717) is 19.0 Å². The third-order valence-electron chi connectivity index (χ3n) is 3.73. The van der Waals surface area contributed by atoms with Crippen LogP contribution >= 0.6 is 0 Å². The van der Waals surface area contributed by atoms with Crippen LogP contribution in [0.2, 0.25) is 0 Å². The van der Waals surface area contributed by atoms with Gasteiger partial charge >= 0.3 is 0 Å². The molecule has 1 heterocycles. The fourth-order valence-electron chi connectivity index (χ4n) is 2.18. The molecular weight excluding hydrogens is 276 g/mol. The van der Waals surface area contributed by atoms with Crippen LogP contribution in [0.3, 0.4) is 0 Å². The molecule has 6 nitrogen and oxygen atoms in total. The van der Waals surface area contributed by atoms with Crippen molar-refractivity contribution in [3.05, 3.63) is 17.0 Å². The Bertz CT molecular complexity index is 561. The summed E-state index contributed by atoms with van der Waals surface area (Å²) in [6.07, 6.45) is 3.10. The maximum atomic E-state index is 11.9. The summed E-state index contributed by atoms with van der Waals surface area (Å²) in [7, 11) is -1.34. The van der Waals surface area contributed by atoms with E-state index in [1.54, 1.807) is 4.68 Å². The van der Waals surface area contributed by atoms with Gasteiger partial charge in [0, 0.05) is 30.9 Å². The van der Waals surface area contributed by atoms with Crippen LogP contribution in [0.4, 0.5) is 0 Å². The van der Waals surface area contributed by atoms with E-state index in [1.165, 1.54) is 12.8 Å². The SMILES string of the molecule is Cc1nn(C)c(C)c1CNS(=O)(=O)CCCNC1CC1. The second-order valence-corrected chi connectivity index (χ2v) is 7.42. The van der Waals surface area contributed by atoms with Crippen LogP contribution < -0.4 is 10.0 Å². The fraction of sp³-hybridized carbons (Fsp3) is 0.769. The minimum absolute atomic E-state index is 0.172. The maximum Gasteiger partial charge on any atom is 0.211 e. The van der Waals surface area contributed by atoms with Crippen molar-refractivity contribution in [2.45, 2.75) is 45.7 Å². The average molecular weight is 300 g/mol. The van der Waals surface area contributed by atoms with Gasteiger partial charge in [0.05, 0.1) is 11.4 Å². The van der Waals surface area contributed by atoms with Crippen LogP contribution in [-0.2, 0) is 23.6 Å². The summed E-state index contributed by atoms with van der Waals surface area (Å²) in [5, 5.41) is 7.60. The molecule has 1 saturated carbocycles. The van der Waals surface area contributed by atoms with Gasteiger partial charge in [-0.05, 0) is 39.7 Å². The molecule has 0 atom stereocenters. The van der Waals surface area contributed by atoms with Gasteiger partial charge < -0.3 is 5.32 Å². The Morgan fingerprint density at radius 1 is 1.35 bits per heavy atom. The second-order valence-electron chi connectivity index (χ2n) is 5.49. The van der Waals surface area contributed by atoms with Crippen molar-refractivity contribution in [3.8, 4) is 0 Å². The molecule has 0 spiro atoms. The normalized spacial score (nSPS) is 15.8. The molecular formula is C13H24N4O2S. The van der Waals surface area contributed by atoms with Crippen LogP contribution in [0.15, 0.2) is 0 Å². The first kappa shape index (κ1) is 15.5. The molecule has 7 heteroatoms. The third-order valence-corrected chi connectivity index (χ3v) is 5.14. The molecule has 0 saturated heterocycles. The molecule has 114 valence electrons. The Kier molecular flexibility index (Phi) is 4.82. The molecule has 2 rings (SSSR count). The largest absolute Gasteiger partial charge is 0.314 e. The number of rotatable bonds is 8. The van der Waals surface area contributed by atoms with Crippen molar-refractivity contribution in [2.75, 3.05) is 12.3 Å². The van der Waals surface area contributed by atoms with Gasteiger partial charge in [0.15, 0.2) is 0 Å². The van der Waals surface area contributed by atoms with Gasteiger partial charge in [-0.25, -0.2) is 13.1 Å². The van der Waals surface area contributed by atoms with Crippen molar-refractivity contribution in [3.63, 3.8) is 0 Å². The molecule has 1 aliphatic carbocycles. The van der Waals surface area contributed by atoms with Crippen molar-refractivity contribution in [2.24, 2.45) is 7.05 Å². The van der Waals surface area contributed by atoms with Gasteiger partial charge in [-0.3, -0.25) is 4.68 Å². The lowest BCUT2D eigenvalue weighted by atomic mass is 10.2. The third kappa shape index (κ3) is 4.29. The lowest BCUT2D eigenvalue weighted by Crippen LogP contribution is -2.28. The second kappa shape index (κ2) is 6.24. The Morgan fingerprint density at radius 3 is 2.60 bits per heavy atom. The van der Waals surface area contributed by atoms with Crippen molar-refractivity contribution < 1.29 is 8.42 Å². The molecule has 1 aromatic rings. The Morgan fingerprint density at radius 2 is 2.05 bits per heavy atom. The Balaban J connectivity index is 1.78. The summed E-state index contributed by atoms with van der Waals surface area (Å²) in [6.45, 7) is 4.94. The number of nitrogens with one attached hydrogen (secondary N) is 2. The molecule has 20 heavy (non-hydrogen) atoms. The standard InChI is InChI=1S/C13H24N4O2S/c1-10-13(11(2)17(3)16-10)9-15-20(18,19)8-4-7-14-12-5-6-12/h12,14-15H,4-9H2,1-3H3. The average Bonchev–Trinajstić information content (AvgIpc) is 3.14. The minimum atomic E-state index is -3.21. The van der Waals surface area contributed by atoms with E-state index in [1.807, 2.05) is 20.9 Å². The van der Waals surface area contributed by atoms with E-state index < -0.39 is 10.0 Å². The van der Waals surface area contributed by atoms with Crippen LogP contribution in [0.25, 0.3) is 0 Å². The van der Waals surface area contributed by atoms with E-state index in [4.69, 9.17) is 0 Å². The van der Waals surface area contributed by atoms with E-state index in [2.05, 4.69) is 15.1 Å². The Hall–Kier alpha value is -0.920. The highest BCUT2D eigenvalue weighted by Gasteiger charge is 2.20. The first-order valence-electron chi connectivity index (χ1n) is 7.09. The zero-order valence-electron chi connectivity index (χ0n) is 12.4. The molecule has 0 amide bonds. The van der Waals surface area contributed by atoms with Crippen LogP contribution in [0.1, 0.15) is 36.2 Å². The molecule has 1 fully saturated rings. The van der Waals surface area contributed by atoms with Gasteiger partial charge in [-0.15, -0.1) is 0 Å². The minimum Gasteiger partial charge on any atom is -0.314 e. The number of sulfonamides is 1. The molecule has 0 aromatic carbocycles. The van der Waals surface area contributed by atoms with E-state index >= 15 is 0 Å². The molecule has 2 N–H and O–H groups in total. The van der Waals surface area contributed by atoms with Crippen LogP contribution in [0, 0.1) is 13.8 Å². The van der Waals surface area contributed by atoms with Crippen molar-refractivity contribution >= 4 is 10.0 Å². The van der Waals surface area contributed by atoms with E-state index in [0.717, 1.165) is 23.5 Å². The maximum absolute atomic E-state index is 11.9. The summed E-state index contributed by atoms with van der Waals surface area (Å²) in [6, 6.07) is 0.631. The summed E-state index contributed by atoms with van der Waals surface area (Å²) in [4.78, 5) is 0. The van der Waals surface area contributed by atoms with Crippen LogP contribution in [-0.4, -0.2) is 36.5 Å². The number of nitrogens with zero attached hydrogens (tertiary/aromatic N) is 2. The number of hydrogen-bond acceptors (Lipinski definition) is 4. The first-order valence-corrected chi connectivity index (χ1v) is 8.74. The molecule has 0 radical (unpaired) electrons. The lowest BCUT2D eigenvalue weighted by molar-refractivity contribution is 0.574. The highest BCUT2D eigenvalue weighted by atomic mass is 32.2. The van der Waals surface area contributed by atoms with Gasteiger partial charge in [0.1, 0.15) is 0 Å². The highest BCUT2D eigenvalue weighted by Crippen LogP contribution is 2.18. The summed E-state index contributed by atoms with van der Waals surface area (Å²) in [5.74, 6) is 0.172. The summed E-state index contributed by atoms with van der Waals surface area (Å²) >= 11 is 0. The van der Waals surface area contributed by atoms with Gasteiger partial charge in [-0.2, -0.15) is 5.10 Å². The smallest absolute Gasteiger partial charge is 0.211 e. The quantitative estimate of drug-likeness (QED) is 0.689. The number of aryl methyl sites for hydroxylation is 2. The monoisotopic (exact) mass is 300 g/mol. The highest BCUT2D eigenvalue weighted by molar-refractivity contribution is 7.89. The molecule has 1 aromatic heterocycles. The van der Waals surface area contributed by atoms with Crippen molar-refractivity contribution in [1.82, 2.24) is 19.8 Å². The summed E-state index contributed by atoms with van der Waals surface area (Å²) in [5.41, 5.74) is 2.84. The summed E-state index contributed by atoms with van der Waals surface area (Å²) < 4.78 is 28.3. The fourth-order valence-corrected chi connectivity index (χ4v) is 3.22. The number of hydrogen-bond donors (Lipinski definition) is 2. The predicted molar refractivity (Wildman–Crippen MR) is 79.0 cm³/mol. The zero-order chi connectivity index (χ0) is 14.8. The predicted octanol–water partition coefficient (Wildman–Crippen LogP) is 0.598. The number of aromatic nitrogens is 2. The molecule has 0 unspecified atom stereocenters. The topological polar surface area (TPSA) is 76.0 Å². The molecule has 0 bridgehead atoms. The molecule has 0 aliphatic heterocycles. The van der Waals surface area contributed by atoms with Gasteiger partial charge in [-0.1, -0.05) is 0 Å². The van der Waals surface area contributed by atoms with Crippen LogP contribution in [0.5, 0.6) is 0 Å². The zero-order valence-corrected chi connectivity index (χ0v) is 13.3. The van der Waals surface area contributed by atoms with E-state index in [9.17, 15) is 8.42 Å². The van der Waals surface area contributed by atoms with Crippen molar-refractivity contribution in [1.29, 1.82) is 0 Å². The van der Waals surface area contributed by atoms with Gasteiger partial charge in [0.25, 0.3) is 0 Å². The van der Waals surface area contributed by atoms with E-state index in [-0.39, 0.29) is 5.75 Å². The van der Waals surface area contributed by atoms with Gasteiger partial charge in [0.2, 0.25) is 10.0 Å².